The van der Waals surface area contributed by atoms with E-state index in [0.717, 1.165) is 0 Å². The van der Waals surface area contributed by atoms with E-state index in [2.05, 4.69) is 0 Å². The second-order valence-corrected chi connectivity index (χ2v) is 3.14. The van der Waals surface area contributed by atoms with E-state index in [4.69, 9.17) is 36.7 Å². The Labute approximate surface area is 75.4 Å². The van der Waals surface area contributed by atoms with Gasteiger partial charge in [-0.15, -0.1) is 0 Å². The molecule has 0 aromatic rings. The molecule has 6 N–H and O–H groups in total. The molecule has 0 saturated carbocycles. The average molecular weight is 202 g/mol. The van der Waals surface area contributed by atoms with Crippen molar-refractivity contribution in [3.63, 3.8) is 0 Å². The first kappa shape index (κ1) is 17.6. The van der Waals surface area contributed by atoms with Gasteiger partial charge in [0.1, 0.15) is 0 Å². The summed E-state index contributed by atoms with van der Waals surface area (Å²) in [6, 6.07) is 0. The molecule has 0 aromatic carbocycles. The SMILES string of the molecule is O=S(=O)(O)O.O[Si](O)(O)O.[LiH]. The van der Waals surface area contributed by atoms with Gasteiger partial charge in [0.15, 0.2) is 0 Å². The van der Waals surface area contributed by atoms with Gasteiger partial charge >= 0.3 is 38.3 Å². The van der Waals surface area contributed by atoms with Crippen molar-refractivity contribution in [2.45, 2.75) is 0 Å². The van der Waals surface area contributed by atoms with Crippen LogP contribution in [-0.2, 0) is 10.4 Å². The molecule has 0 amide bonds. The van der Waals surface area contributed by atoms with Crippen molar-refractivity contribution < 1.29 is 36.7 Å². The standard InChI is InChI=1S/Li.H2O4S.H4O4Si.H/c;2*1-5(2,3)4;/h;(H2,1,2,3,4);1-4H;. The molecule has 0 rings (SSSR count). The molecule has 0 aliphatic heterocycles. The normalized spacial score (nSPS) is 10.7. The molecule has 0 bridgehead atoms. The quantitative estimate of drug-likeness (QED) is 0.172. The van der Waals surface area contributed by atoms with Gasteiger partial charge in [0.25, 0.3) is 0 Å². The Kier molecular flexibility index (Phi) is 9.72. The van der Waals surface area contributed by atoms with Crippen LogP contribution in [0.3, 0.4) is 0 Å². The Hall–Kier alpha value is 0.524. The van der Waals surface area contributed by atoms with Gasteiger partial charge in [-0.1, -0.05) is 0 Å². The first-order valence-electron chi connectivity index (χ1n) is 1.59. The minimum atomic E-state index is -4.67. The van der Waals surface area contributed by atoms with Crippen molar-refractivity contribution >= 4 is 38.3 Å². The molecule has 0 fully saturated rings. The second kappa shape index (κ2) is 6.09. The van der Waals surface area contributed by atoms with Crippen LogP contribution in [0.2, 0.25) is 0 Å². The van der Waals surface area contributed by atoms with E-state index < -0.39 is 19.4 Å². The monoisotopic (exact) mass is 202 g/mol. The minimum absolute atomic E-state index is 0. The van der Waals surface area contributed by atoms with E-state index >= 15 is 0 Å². The molecule has 0 unspecified atom stereocenters. The molecule has 0 atom stereocenters. The molecule has 0 aliphatic carbocycles. The Morgan fingerprint density at radius 1 is 0.909 bits per heavy atom. The van der Waals surface area contributed by atoms with Gasteiger partial charge in [-0.2, -0.15) is 8.42 Å². The van der Waals surface area contributed by atoms with Gasteiger partial charge in [0.2, 0.25) is 0 Å². The van der Waals surface area contributed by atoms with Gasteiger partial charge in [-0.25, -0.2) is 0 Å². The maximum absolute atomic E-state index is 8.74. The van der Waals surface area contributed by atoms with Crippen LogP contribution in [0, 0.1) is 0 Å². The summed E-state index contributed by atoms with van der Waals surface area (Å²) in [7, 11) is -9.28. The van der Waals surface area contributed by atoms with Gasteiger partial charge < -0.3 is 19.2 Å². The fraction of sp³-hybridized carbons (Fsp3) is 0. The molecule has 0 aliphatic rings. The zero-order chi connectivity index (χ0) is 9.00. The molecular formula is H7LiO8SSi. The van der Waals surface area contributed by atoms with Crippen molar-refractivity contribution in [2.75, 3.05) is 0 Å². The zero-order valence-corrected chi connectivity index (χ0v) is 6.22. The molecule has 11 heteroatoms. The Bertz CT molecular complexity index is 149. The molecule has 0 saturated heterocycles. The number of hydrogen-bond donors (Lipinski definition) is 6. The summed E-state index contributed by atoms with van der Waals surface area (Å²) in [6.45, 7) is 0. The number of hydrogen-bond acceptors (Lipinski definition) is 6. The van der Waals surface area contributed by atoms with Gasteiger partial charge in [-0.05, 0) is 0 Å². The molecule has 66 valence electrons. The van der Waals surface area contributed by atoms with E-state index in [9.17, 15) is 0 Å². The Balaban J connectivity index is -0.000000107. The van der Waals surface area contributed by atoms with Crippen LogP contribution in [0.15, 0.2) is 0 Å². The summed E-state index contributed by atoms with van der Waals surface area (Å²) < 4.78 is 31.6. The van der Waals surface area contributed by atoms with E-state index in [-0.39, 0.29) is 18.9 Å². The summed E-state index contributed by atoms with van der Waals surface area (Å²) in [5, 5.41) is 0. The van der Waals surface area contributed by atoms with E-state index in [1.807, 2.05) is 0 Å². The fourth-order valence-corrected chi connectivity index (χ4v) is 0. The number of rotatable bonds is 0. The molecular weight excluding hydrogens is 195 g/mol. The Morgan fingerprint density at radius 3 is 0.909 bits per heavy atom. The molecule has 11 heavy (non-hydrogen) atoms. The molecule has 0 heterocycles. The predicted molar refractivity (Wildman–Crippen MR) is 36.0 cm³/mol. The molecule has 0 aromatic heterocycles. The first-order chi connectivity index (χ1) is 4.00. The van der Waals surface area contributed by atoms with Crippen molar-refractivity contribution in [1.29, 1.82) is 0 Å². The van der Waals surface area contributed by atoms with E-state index in [1.165, 1.54) is 0 Å². The van der Waals surface area contributed by atoms with Crippen molar-refractivity contribution in [3.8, 4) is 0 Å². The van der Waals surface area contributed by atoms with E-state index in [0.29, 0.717) is 0 Å². The topological polar surface area (TPSA) is 156 Å². The van der Waals surface area contributed by atoms with Crippen LogP contribution in [0.1, 0.15) is 0 Å². The van der Waals surface area contributed by atoms with Crippen LogP contribution in [0.5, 0.6) is 0 Å². The van der Waals surface area contributed by atoms with Gasteiger partial charge in [0, 0.05) is 0 Å². The van der Waals surface area contributed by atoms with Crippen molar-refractivity contribution in [2.24, 2.45) is 0 Å². The van der Waals surface area contributed by atoms with Crippen LogP contribution < -0.4 is 0 Å². The van der Waals surface area contributed by atoms with Crippen molar-refractivity contribution in [3.05, 3.63) is 0 Å². The molecule has 0 spiro atoms. The summed E-state index contributed by atoms with van der Waals surface area (Å²) in [4.78, 5) is 29.3. The van der Waals surface area contributed by atoms with Gasteiger partial charge in [-0.3, -0.25) is 9.11 Å². The zero-order valence-electron chi connectivity index (χ0n) is 4.41. The summed E-state index contributed by atoms with van der Waals surface area (Å²) in [6.07, 6.45) is 0. The third-order valence-corrected chi connectivity index (χ3v) is 0. The molecule has 0 radical (unpaired) electrons. The first-order valence-corrected chi connectivity index (χ1v) is 4.78. The van der Waals surface area contributed by atoms with E-state index in [1.54, 1.807) is 0 Å². The summed E-state index contributed by atoms with van der Waals surface area (Å²) in [5.41, 5.74) is 0. The fourth-order valence-electron chi connectivity index (χ4n) is 0. The second-order valence-electron chi connectivity index (χ2n) is 1.05. The third kappa shape index (κ3) is 2780. The summed E-state index contributed by atoms with van der Waals surface area (Å²) >= 11 is 0. The van der Waals surface area contributed by atoms with Crippen LogP contribution >= 0.6 is 0 Å². The summed E-state index contributed by atoms with van der Waals surface area (Å²) in [5.74, 6) is 0. The predicted octanol–water partition coefficient (Wildman–Crippen LogP) is -3.91. The van der Waals surface area contributed by atoms with Gasteiger partial charge in [0.05, 0.1) is 0 Å². The average Bonchev–Trinajstić information content (AvgIpc) is 1.12. The van der Waals surface area contributed by atoms with Crippen LogP contribution in [0.4, 0.5) is 0 Å². The van der Waals surface area contributed by atoms with Crippen LogP contribution in [-0.4, -0.2) is 64.6 Å². The Morgan fingerprint density at radius 2 is 0.909 bits per heavy atom. The van der Waals surface area contributed by atoms with Crippen molar-refractivity contribution in [1.82, 2.24) is 0 Å². The maximum atomic E-state index is 8.74. The van der Waals surface area contributed by atoms with Crippen LogP contribution in [0.25, 0.3) is 0 Å². The molecule has 8 nitrogen and oxygen atoms in total. The third-order valence-electron chi connectivity index (χ3n) is 0.